The summed E-state index contributed by atoms with van der Waals surface area (Å²) in [6.07, 6.45) is 1.20. The van der Waals surface area contributed by atoms with Crippen LogP contribution in [0.3, 0.4) is 0 Å². The summed E-state index contributed by atoms with van der Waals surface area (Å²) in [5, 5.41) is 0.267. The predicted octanol–water partition coefficient (Wildman–Crippen LogP) is 3.02. The molecule has 0 aliphatic heterocycles. The van der Waals surface area contributed by atoms with Crippen LogP contribution in [0.5, 0.6) is 5.75 Å². The van der Waals surface area contributed by atoms with Gasteiger partial charge in [0.15, 0.2) is 5.78 Å². The van der Waals surface area contributed by atoms with Gasteiger partial charge in [0.1, 0.15) is 28.8 Å². The number of esters is 1. The Bertz CT molecular complexity index is 1130. The van der Waals surface area contributed by atoms with Crippen LogP contribution >= 0.6 is 11.6 Å². The van der Waals surface area contributed by atoms with Gasteiger partial charge in [-0.25, -0.2) is 9.78 Å². The van der Waals surface area contributed by atoms with Crippen LogP contribution in [0.25, 0.3) is 11.1 Å². The van der Waals surface area contributed by atoms with Gasteiger partial charge in [0.2, 0.25) is 5.71 Å². The van der Waals surface area contributed by atoms with Crippen LogP contribution in [0.4, 0.5) is 0 Å². The third kappa shape index (κ3) is 3.50. The van der Waals surface area contributed by atoms with Crippen molar-refractivity contribution in [2.75, 3.05) is 13.7 Å². The molecule has 2 heterocycles. The standard InChI is InChI=1S/C19H17ClN2O6/c1-4-27-19(25)15-10(2)28-17-16(15)18(24)22(9-21-17)8-13(23)11-5-6-14(26-3)12(20)7-11/h5-7,9H,4,8H2,1-3H3. The van der Waals surface area contributed by atoms with Crippen molar-refractivity contribution >= 4 is 34.5 Å². The average molecular weight is 405 g/mol. The fourth-order valence-corrected chi connectivity index (χ4v) is 3.04. The molecule has 146 valence electrons. The average Bonchev–Trinajstić information content (AvgIpc) is 3.01. The number of ether oxygens (including phenoxy) is 2. The first kappa shape index (κ1) is 19.6. The van der Waals surface area contributed by atoms with Gasteiger partial charge in [-0.15, -0.1) is 0 Å². The van der Waals surface area contributed by atoms with E-state index in [0.717, 1.165) is 4.57 Å². The summed E-state index contributed by atoms with van der Waals surface area (Å²) in [6.45, 7) is 3.07. The van der Waals surface area contributed by atoms with Gasteiger partial charge in [-0.3, -0.25) is 14.2 Å². The molecule has 0 aliphatic carbocycles. The van der Waals surface area contributed by atoms with Crippen LogP contribution in [0.15, 0.2) is 33.7 Å². The van der Waals surface area contributed by atoms with Gasteiger partial charge < -0.3 is 13.9 Å². The Morgan fingerprint density at radius 1 is 1.32 bits per heavy atom. The van der Waals surface area contributed by atoms with E-state index >= 15 is 0 Å². The van der Waals surface area contributed by atoms with Gasteiger partial charge in [-0.1, -0.05) is 11.6 Å². The van der Waals surface area contributed by atoms with Crippen molar-refractivity contribution in [1.29, 1.82) is 0 Å². The summed E-state index contributed by atoms with van der Waals surface area (Å²) in [4.78, 5) is 41.7. The van der Waals surface area contributed by atoms with Crippen molar-refractivity contribution in [3.05, 3.63) is 56.8 Å². The first-order valence-electron chi connectivity index (χ1n) is 8.39. The molecule has 0 N–H and O–H groups in total. The first-order chi connectivity index (χ1) is 13.4. The zero-order chi connectivity index (χ0) is 20.4. The highest BCUT2D eigenvalue weighted by atomic mass is 35.5. The molecule has 3 rings (SSSR count). The summed E-state index contributed by atoms with van der Waals surface area (Å²) in [6, 6.07) is 4.58. The topological polar surface area (TPSA) is 101 Å². The number of rotatable bonds is 6. The Kier molecular flexibility index (Phi) is 5.51. The van der Waals surface area contributed by atoms with Gasteiger partial charge >= 0.3 is 5.97 Å². The number of halogens is 1. The molecule has 0 aliphatic rings. The van der Waals surface area contributed by atoms with E-state index in [1.54, 1.807) is 26.0 Å². The first-order valence-corrected chi connectivity index (χ1v) is 8.77. The molecule has 0 unspecified atom stereocenters. The zero-order valence-corrected chi connectivity index (χ0v) is 16.2. The van der Waals surface area contributed by atoms with Crippen LogP contribution in [0, 0.1) is 6.92 Å². The number of nitrogens with zero attached hydrogens (tertiary/aromatic N) is 2. The minimum Gasteiger partial charge on any atom is -0.495 e. The number of carbonyl (C=O) groups is 2. The van der Waals surface area contributed by atoms with E-state index < -0.39 is 11.5 Å². The molecule has 2 aromatic heterocycles. The molecule has 0 bridgehead atoms. The lowest BCUT2D eigenvalue weighted by atomic mass is 10.1. The van der Waals surface area contributed by atoms with E-state index in [4.69, 9.17) is 25.5 Å². The van der Waals surface area contributed by atoms with Gasteiger partial charge in [0, 0.05) is 5.56 Å². The van der Waals surface area contributed by atoms with E-state index in [1.807, 2.05) is 0 Å². The molecule has 0 radical (unpaired) electrons. The molecular formula is C19H17ClN2O6. The molecule has 0 atom stereocenters. The normalized spacial score (nSPS) is 10.9. The van der Waals surface area contributed by atoms with Crippen molar-refractivity contribution in [2.24, 2.45) is 0 Å². The molecular weight excluding hydrogens is 388 g/mol. The number of benzene rings is 1. The highest BCUT2D eigenvalue weighted by molar-refractivity contribution is 6.32. The second kappa shape index (κ2) is 7.85. The van der Waals surface area contributed by atoms with Crippen LogP contribution in [0.2, 0.25) is 5.02 Å². The minimum absolute atomic E-state index is 0.0148. The summed E-state index contributed by atoms with van der Waals surface area (Å²) < 4.78 is 16.6. The van der Waals surface area contributed by atoms with Crippen LogP contribution in [0.1, 0.15) is 33.4 Å². The number of ketones is 1. The Morgan fingerprint density at radius 2 is 2.07 bits per heavy atom. The molecule has 1 aromatic carbocycles. The molecule has 0 spiro atoms. The van der Waals surface area contributed by atoms with Crippen LogP contribution < -0.4 is 10.3 Å². The van der Waals surface area contributed by atoms with Crippen LogP contribution in [-0.4, -0.2) is 35.0 Å². The molecule has 9 heteroatoms. The fourth-order valence-electron chi connectivity index (χ4n) is 2.79. The maximum atomic E-state index is 12.9. The molecule has 3 aromatic rings. The maximum absolute atomic E-state index is 12.9. The van der Waals surface area contributed by atoms with Crippen LogP contribution in [-0.2, 0) is 11.3 Å². The van der Waals surface area contributed by atoms with E-state index in [1.165, 1.54) is 19.5 Å². The molecule has 0 saturated carbocycles. The predicted molar refractivity (Wildman–Crippen MR) is 101 cm³/mol. The Labute approximate surface area is 164 Å². The summed E-state index contributed by atoms with van der Waals surface area (Å²) >= 11 is 6.05. The Morgan fingerprint density at radius 3 is 2.71 bits per heavy atom. The third-order valence-electron chi connectivity index (χ3n) is 4.12. The number of hydrogen-bond acceptors (Lipinski definition) is 7. The lowest BCUT2D eigenvalue weighted by molar-refractivity contribution is 0.0526. The number of aryl methyl sites for hydroxylation is 1. The number of fused-ring (bicyclic) bond motifs is 1. The van der Waals surface area contributed by atoms with Gasteiger partial charge in [-0.05, 0) is 32.0 Å². The van der Waals surface area contributed by atoms with Gasteiger partial charge in [0.05, 0.1) is 25.3 Å². The molecule has 28 heavy (non-hydrogen) atoms. The highest BCUT2D eigenvalue weighted by Crippen LogP contribution is 2.25. The number of Topliss-reactive ketones (excluding diaryl/α,β-unsaturated/α-hetero) is 1. The van der Waals surface area contributed by atoms with E-state index in [0.29, 0.717) is 11.3 Å². The minimum atomic E-state index is -0.677. The van der Waals surface area contributed by atoms with Crippen molar-refractivity contribution in [3.8, 4) is 5.75 Å². The van der Waals surface area contributed by atoms with Gasteiger partial charge in [0.25, 0.3) is 5.56 Å². The van der Waals surface area contributed by atoms with Crippen molar-refractivity contribution < 1.29 is 23.5 Å². The Hall–Kier alpha value is -3.13. The number of furan rings is 1. The number of hydrogen-bond donors (Lipinski definition) is 0. The lowest BCUT2D eigenvalue weighted by Crippen LogP contribution is -2.25. The number of methoxy groups -OCH3 is 1. The second-order valence-corrected chi connectivity index (χ2v) is 6.29. The quantitative estimate of drug-likeness (QED) is 0.459. The zero-order valence-electron chi connectivity index (χ0n) is 15.4. The Balaban J connectivity index is 2.00. The fraction of sp³-hybridized carbons (Fsp3) is 0.263. The molecule has 0 amide bonds. The summed E-state index contributed by atoms with van der Waals surface area (Å²) in [7, 11) is 1.47. The number of aromatic nitrogens is 2. The maximum Gasteiger partial charge on any atom is 0.342 e. The summed E-state index contributed by atoms with van der Waals surface area (Å²) in [5.41, 5.74) is -0.227. The van der Waals surface area contributed by atoms with Crippen molar-refractivity contribution in [3.63, 3.8) is 0 Å². The molecule has 8 nitrogen and oxygen atoms in total. The molecule has 0 saturated heterocycles. The lowest BCUT2D eigenvalue weighted by Gasteiger charge is -2.07. The van der Waals surface area contributed by atoms with E-state index in [9.17, 15) is 14.4 Å². The second-order valence-electron chi connectivity index (χ2n) is 5.88. The van der Waals surface area contributed by atoms with Crippen molar-refractivity contribution in [1.82, 2.24) is 9.55 Å². The third-order valence-corrected chi connectivity index (χ3v) is 4.42. The molecule has 0 fully saturated rings. The SMILES string of the molecule is CCOC(=O)c1c(C)oc2ncn(CC(=O)c3ccc(OC)c(Cl)c3)c(=O)c12. The summed E-state index contributed by atoms with van der Waals surface area (Å²) in [5.74, 6) is -0.371. The van der Waals surface area contributed by atoms with Gasteiger partial charge in [-0.2, -0.15) is 0 Å². The highest BCUT2D eigenvalue weighted by Gasteiger charge is 2.24. The van der Waals surface area contributed by atoms with E-state index in [-0.39, 0.29) is 46.4 Å². The number of carbonyl (C=O) groups excluding carboxylic acids is 2. The largest absolute Gasteiger partial charge is 0.495 e. The van der Waals surface area contributed by atoms with Crippen molar-refractivity contribution in [2.45, 2.75) is 20.4 Å². The van der Waals surface area contributed by atoms with E-state index in [2.05, 4.69) is 4.98 Å². The smallest absolute Gasteiger partial charge is 0.342 e. The monoisotopic (exact) mass is 404 g/mol.